The molecule has 1 aliphatic rings. The van der Waals surface area contributed by atoms with E-state index in [1.54, 1.807) is 0 Å². The maximum Gasteiger partial charge on any atom is 0.228 e. The molecule has 2 aromatic rings. The summed E-state index contributed by atoms with van der Waals surface area (Å²) in [5, 5.41) is 3.89. The first-order valence-electron chi connectivity index (χ1n) is 8.86. The molecule has 3 rings (SSSR count). The van der Waals surface area contributed by atoms with Crippen LogP contribution in [0.1, 0.15) is 29.5 Å². The zero-order valence-corrected chi connectivity index (χ0v) is 15.6. The number of carbonyl (C=O) groups excluding carboxylic acids is 1. The summed E-state index contributed by atoms with van der Waals surface area (Å²) in [5.41, 5.74) is 4.43. The number of hydrogen-bond acceptors (Lipinski definition) is 2. The van der Waals surface area contributed by atoms with Crippen LogP contribution in [0, 0.1) is 19.8 Å². The summed E-state index contributed by atoms with van der Waals surface area (Å²) in [6, 6.07) is 14.1. The van der Waals surface area contributed by atoms with Crippen molar-refractivity contribution in [2.24, 2.45) is 5.92 Å². The number of halogens is 1. The van der Waals surface area contributed by atoms with E-state index in [1.165, 1.54) is 5.56 Å². The van der Waals surface area contributed by atoms with Crippen LogP contribution in [0.4, 0.5) is 5.69 Å². The van der Waals surface area contributed by atoms with E-state index in [2.05, 4.69) is 34.5 Å². The van der Waals surface area contributed by atoms with Crippen LogP contribution in [0.3, 0.4) is 0 Å². The fourth-order valence-corrected chi connectivity index (χ4v) is 3.49. The van der Waals surface area contributed by atoms with Crippen molar-refractivity contribution < 1.29 is 4.79 Å². The predicted molar refractivity (Wildman–Crippen MR) is 104 cm³/mol. The second-order valence-electron chi connectivity index (χ2n) is 7.01. The molecule has 1 N–H and O–H groups in total. The molecule has 25 heavy (non-hydrogen) atoms. The molecule has 1 heterocycles. The maximum absolute atomic E-state index is 12.7. The minimum atomic E-state index is 0.0426. The van der Waals surface area contributed by atoms with E-state index < -0.39 is 0 Å². The molecule has 0 bridgehead atoms. The van der Waals surface area contributed by atoms with Crippen molar-refractivity contribution >= 4 is 23.2 Å². The summed E-state index contributed by atoms with van der Waals surface area (Å²) in [5.74, 6) is 0.176. The first-order chi connectivity index (χ1) is 12.0. The summed E-state index contributed by atoms with van der Waals surface area (Å²) >= 11 is 5.95. The topological polar surface area (TPSA) is 32.3 Å². The van der Waals surface area contributed by atoms with Crippen LogP contribution < -0.4 is 5.32 Å². The molecule has 0 radical (unpaired) electrons. The third kappa shape index (κ3) is 4.83. The molecule has 132 valence electrons. The summed E-state index contributed by atoms with van der Waals surface area (Å²) < 4.78 is 0. The van der Waals surface area contributed by atoms with E-state index in [4.69, 9.17) is 11.6 Å². The number of nitrogens with one attached hydrogen (secondary N) is 1. The van der Waals surface area contributed by atoms with E-state index in [9.17, 15) is 4.79 Å². The molecule has 4 heteroatoms. The lowest BCUT2D eigenvalue weighted by molar-refractivity contribution is -0.121. The van der Waals surface area contributed by atoms with Gasteiger partial charge in [0.15, 0.2) is 0 Å². The molecular weight excluding hydrogens is 332 g/mol. The van der Waals surface area contributed by atoms with E-state index in [1.807, 2.05) is 32.0 Å². The van der Waals surface area contributed by atoms with Crippen LogP contribution in [-0.4, -0.2) is 23.9 Å². The minimum absolute atomic E-state index is 0.0426. The summed E-state index contributed by atoms with van der Waals surface area (Å²) in [6.45, 7) is 6.78. The molecule has 2 aromatic carbocycles. The number of nitrogens with zero attached hydrogens (tertiary/aromatic N) is 1. The highest BCUT2D eigenvalue weighted by atomic mass is 35.5. The van der Waals surface area contributed by atoms with Crippen molar-refractivity contribution in [1.29, 1.82) is 0 Å². The average Bonchev–Trinajstić information content (AvgIpc) is 2.60. The number of amides is 1. The fraction of sp³-hybridized carbons (Fsp3) is 0.381. The fourth-order valence-electron chi connectivity index (χ4n) is 3.37. The monoisotopic (exact) mass is 356 g/mol. The lowest BCUT2D eigenvalue weighted by Crippen LogP contribution is -2.40. The maximum atomic E-state index is 12.7. The highest BCUT2D eigenvalue weighted by Crippen LogP contribution is 2.23. The van der Waals surface area contributed by atoms with Gasteiger partial charge in [-0.15, -0.1) is 0 Å². The van der Waals surface area contributed by atoms with Crippen LogP contribution in [-0.2, 0) is 11.3 Å². The second-order valence-corrected chi connectivity index (χ2v) is 7.44. The quantitative estimate of drug-likeness (QED) is 0.852. The zero-order valence-electron chi connectivity index (χ0n) is 14.9. The van der Waals surface area contributed by atoms with Crippen molar-refractivity contribution in [2.45, 2.75) is 33.2 Å². The van der Waals surface area contributed by atoms with Gasteiger partial charge >= 0.3 is 0 Å². The Morgan fingerprint density at radius 2 is 1.96 bits per heavy atom. The highest BCUT2D eigenvalue weighted by molar-refractivity contribution is 6.30. The predicted octanol–water partition coefficient (Wildman–Crippen LogP) is 4.81. The average molecular weight is 357 g/mol. The van der Waals surface area contributed by atoms with Crippen molar-refractivity contribution in [3.05, 3.63) is 64.2 Å². The summed E-state index contributed by atoms with van der Waals surface area (Å²) in [6.07, 6.45) is 2.01. The van der Waals surface area contributed by atoms with Gasteiger partial charge in [-0.2, -0.15) is 0 Å². The van der Waals surface area contributed by atoms with Crippen LogP contribution in [0.15, 0.2) is 42.5 Å². The SMILES string of the molecule is Cc1ccc(C)c(NC(=O)C2CCCN(Cc3ccc(Cl)cc3)C2)c1. The number of piperidine rings is 1. The number of rotatable bonds is 4. The Labute approximate surface area is 155 Å². The number of likely N-dealkylation sites (tertiary alicyclic amines) is 1. The van der Waals surface area contributed by atoms with E-state index in [0.717, 1.165) is 54.3 Å². The largest absolute Gasteiger partial charge is 0.326 e. The Hall–Kier alpha value is -1.84. The first-order valence-corrected chi connectivity index (χ1v) is 9.24. The lowest BCUT2D eigenvalue weighted by Gasteiger charge is -2.32. The van der Waals surface area contributed by atoms with Gasteiger partial charge in [-0.1, -0.05) is 35.9 Å². The van der Waals surface area contributed by atoms with Gasteiger partial charge in [0.2, 0.25) is 5.91 Å². The van der Waals surface area contributed by atoms with Crippen molar-refractivity contribution in [1.82, 2.24) is 4.90 Å². The van der Waals surface area contributed by atoms with Gasteiger partial charge in [0.1, 0.15) is 0 Å². The highest BCUT2D eigenvalue weighted by Gasteiger charge is 2.26. The number of benzene rings is 2. The number of hydrogen-bond donors (Lipinski definition) is 1. The zero-order chi connectivity index (χ0) is 17.8. The van der Waals surface area contributed by atoms with Crippen molar-refractivity contribution in [3.8, 4) is 0 Å². The van der Waals surface area contributed by atoms with Crippen molar-refractivity contribution in [2.75, 3.05) is 18.4 Å². The number of aryl methyl sites for hydroxylation is 2. The molecule has 1 aliphatic heterocycles. The molecule has 0 aromatic heterocycles. The Bertz CT molecular complexity index is 742. The smallest absolute Gasteiger partial charge is 0.228 e. The Balaban J connectivity index is 1.61. The second kappa shape index (κ2) is 8.03. The molecule has 3 nitrogen and oxygen atoms in total. The number of carbonyl (C=O) groups is 1. The Morgan fingerprint density at radius 3 is 2.72 bits per heavy atom. The van der Waals surface area contributed by atoms with Crippen LogP contribution in [0.2, 0.25) is 5.02 Å². The molecular formula is C21H25ClN2O. The van der Waals surface area contributed by atoms with E-state index in [0.29, 0.717) is 0 Å². The van der Waals surface area contributed by atoms with E-state index >= 15 is 0 Å². The van der Waals surface area contributed by atoms with Gasteiger partial charge in [-0.25, -0.2) is 0 Å². The van der Waals surface area contributed by atoms with Crippen LogP contribution in [0.25, 0.3) is 0 Å². The lowest BCUT2D eigenvalue weighted by atomic mass is 9.96. The molecule has 1 amide bonds. The number of anilines is 1. The molecule has 0 spiro atoms. The Kier molecular flexibility index (Phi) is 5.77. The van der Waals surface area contributed by atoms with Crippen LogP contribution in [0.5, 0.6) is 0 Å². The Morgan fingerprint density at radius 1 is 1.20 bits per heavy atom. The van der Waals surface area contributed by atoms with Gasteiger partial charge in [0.25, 0.3) is 0 Å². The third-order valence-electron chi connectivity index (χ3n) is 4.85. The first kappa shape index (κ1) is 18.0. The van der Waals surface area contributed by atoms with Gasteiger partial charge in [0, 0.05) is 23.8 Å². The van der Waals surface area contributed by atoms with Gasteiger partial charge in [-0.05, 0) is 68.1 Å². The molecule has 0 saturated carbocycles. The van der Waals surface area contributed by atoms with Crippen LogP contribution >= 0.6 is 11.6 Å². The van der Waals surface area contributed by atoms with Gasteiger partial charge in [-0.3, -0.25) is 9.69 Å². The molecule has 1 unspecified atom stereocenters. The van der Waals surface area contributed by atoms with Crippen molar-refractivity contribution in [3.63, 3.8) is 0 Å². The molecule has 1 saturated heterocycles. The van der Waals surface area contributed by atoms with E-state index in [-0.39, 0.29) is 11.8 Å². The molecule has 0 aliphatic carbocycles. The summed E-state index contributed by atoms with van der Waals surface area (Å²) in [7, 11) is 0. The van der Waals surface area contributed by atoms with Gasteiger partial charge < -0.3 is 5.32 Å². The van der Waals surface area contributed by atoms with Gasteiger partial charge in [0.05, 0.1) is 5.92 Å². The third-order valence-corrected chi connectivity index (χ3v) is 5.10. The molecule has 1 atom stereocenters. The summed E-state index contributed by atoms with van der Waals surface area (Å²) in [4.78, 5) is 15.1. The standard InChI is InChI=1S/C21H25ClN2O/c1-15-5-6-16(2)20(12-15)23-21(25)18-4-3-11-24(14-18)13-17-7-9-19(22)10-8-17/h5-10,12,18H,3-4,11,13-14H2,1-2H3,(H,23,25). The normalized spacial score (nSPS) is 18.1. The molecule has 1 fully saturated rings. The minimum Gasteiger partial charge on any atom is -0.326 e.